The number of amides is 2. The van der Waals surface area contributed by atoms with Crippen molar-refractivity contribution in [1.29, 1.82) is 0 Å². The van der Waals surface area contributed by atoms with Crippen molar-refractivity contribution >= 4 is 23.4 Å². The second-order valence-electron chi connectivity index (χ2n) is 8.58. The number of carbonyl (C=O) groups is 2. The molecule has 0 heterocycles. The van der Waals surface area contributed by atoms with E-state index < -0.39 is 6.04 Å². The molecule has 0 saturated carbocycles. The van der Waals surface area contributed by atoms with Crippen molar-refractivity contribution in [3.05, 3.63) is 65.2 Å². The summed E-state index contributed by atoms with van der Waals surface area (Å²) in [6, 6.07) is 16.4. The summed E-state index contributed by atoms with van der Waals surface area (Å²) in [5, 5.41) is 3.67. The Morgan fingerprint density at radius 1 is 1.06 bits per heavy atom. The zero-order valence-electron chi connectivity index (χ0n) is 18.9. The van der Waals surface area contributed by atoms with Gasteiger partial charge in [0.25, 0.3) is 0 Å². The van der Waals surface area contributed by atoms with Gasteiger partial charge in [-0.25, -0.2) is 0 Å². The van der Waals surface area contributed by atoms with E-state index >= 15 is 0 Å². The van der Waals surface area contributed by atoms with E-state index in [1.165, 1.54) is 0 Å². The summed E-state index contributed by atoms with van der Waals surface area (Å²) in [6.07, 6.45) is 1.41. The average molecular weight is 445 g/mol. The molecule has 0 bridgehead atoms. The van der Waals surface area contributed by atoms with Crippen LogP contribution in [0.5, 0.6) is 5.75 Å². The molecule has 5 nitrogen and oxygen atoms in total. The van der Waals surface area contributed by atoms with Crippen molar-refractivity contribution in [2.45, 2.75) is 65.1 Å². The lowest BCUT2D eigenvalue weighted by Gasteiger charge is -2.33. The van der Waals surface area contributed by atoms with E-state index in [1.807, 2.05) is 58.0 Å². The predicted molar refractivity (Wildman–Crippen MR) is 125 cm³/mol. The lowest BCUT2D eigenvalue weighted by Crippen LogP contribution is -2.53. The van der Waals surface area contributed by atoms with Gasteiger partial charge in [-0.1, -0.05) is 48.9 Å². The van der Waals surface area contributed by atoms with Crippen LogP contribution < -0.4 is 10.1 Å². The third kappa shape index (κ3) is 8.62. The lowest BCUT2D eigenvalue weighted by molar-refractivity contribution is -0.142. The molecule has 0 aliphatic heterocycles. The van der Waals surface area contributed by atoms with Crippen molar-refractivity contribution in [2.75, 3.05) is 6.61 Å². The fraction of sp³-hybridized carbons (Fsp3) is 0.440. The van der Waals surface area contributed by atoms with E-state index in [2.05, 4.69) is 5.32 Å². The van der Waals surface area contributed by atoms with Gasteiger partial charge in [-0.2, -0.15) is 0 Å². The highest BCUT2D eigenvalue weighted by Crippen LogP contribution is 2.17. The van der Waals surface area contributed by atoms with Gasteiger partial charge in [-0.05, 0) is 63.4 Å². The molecule has 1 N–H and O–H groups in total. The van der Waals surface area contributed by atoms with Crippen LogP contribution in [-0.2, 0) is 16.1 Å². The van der Waals surface area contributed by atoms with Gasteiger partial charge in [0.15, 0.2) is 0 Å². The van der Waals surface area contributed by atoms with E-state index in [9.17, 15) is 9.59 Å². The number of nitrogens with zero attached hydrogens (tertiary/aromatic N) is 1. The Morgan fingerprint density at radius 3 is 2.29 bits per heavy atom. The minimum atomic E-state index is -0.524. The molecule has 0 spiro atoms. The van der Waals surface area contributed by atoms with Crippen LogP contribution in [0.2, 0.25) is 5.02 Å². The molecule has 2 amide bonds. The van der Waals surface area contributed by atoms with E-state index in [-0.39, 0.29) is 17.4 Å². The van der Waals surface area contributed by atoms with Crippen LogP contribution in [0.25, 0.3) is 0 Å². The topological polar surface area (TPSA) is 58.6 Å². The zero-order chi connectivity index (χ0) is 22.9. The summed E-state index contributed by atoms with van der Waals surface area (Å²) in [7, 11) is 0. The standard InChI is InChI=1S/C25H33ClN2O3/c1-5-22(24(30)27-25(2,3)4)28(18-19-10-7-6-8-11-19)23(29)12-9-17-31-21-15-13-20(26)14-16-21/h6-8,10-11,13-16,22H,5,9,12,17-18H2,1-4H3,(H,27,30)/t22-/m0/s1. The highest BCUT2D eigenvalue weighted by atomic mass is 35.5. The molecule has 0 radical (unpaired) electrons. The number of rotatable bonds is 10. The molecule has 0 aliphatic carbocycles. The summed E-state index contributed by atoms with van der Waals surface area (Å²) in [5.41, 5.74) is 0.633. The van der Waals surface area contributed by atoms with Crippen molar-refractivity contribution < 1.29 is 14.3 Å². The van der Waals surface area contributed by atoms with Gasteiger partial charge in [-0.15, -0.1) is 0 Å². The number of carbonyl (C=O) groups excluding carboxylic acids is 2. The number of benzene rings is 2. The first-order valence-electron chi connectivity index (χ1n) is 10.7. The van der Waals surface area contributed by atoms with Crippen LogP contribution in [0.3, 0.4) is 0 Å². The lowest BCUT2D eigenvalue weighted by atomic mass is 10.0. The van der Waals surface area contributed by atoms with Gasteiger partial charge in [0.05, 0.1) is 6.61 Å². The molecule has 1 atom stereocenters. The van der Waals surface area contributed by atoms with Gasteiger partial charge in [0, 0.05) is 23.5 Å². The third-order valence-electron chi connectivity index (χ3n) is 4.70. The van der Waals surface area contributed by atoms with Crippen LogP contribution in [0.15, 0.2) is 54.6 Å². The van der Waals surface area contributed by atoms with Crippen molar-refractivity contribution in [2.24, 2.45) is 0 Å². The van der Waals surface area contributed by atoms with Crippen LogP contribution >= 0.6 is 11.6 Å². The maximum Gasteiger partial charge on any atom is 0.243 e. The molecular formula is C25H33ClN2O3. The molecule has 0 unspecified atom stereocenters. The highest BCUT2D eigenvalue weighted by Gasteiger charge is 2.30. The van der Waals surface area contributed by atoms with Crippen LogP contribution in [0, 0.1) is 0 Å². The third-order valence-corrected chi connectivity index (χ3v) is 4.95. The summed E-state index contributed by atoms with van der Waals surface area (Å²) in [4.78, 5) is 27.8. The van der Waals surface area contributed by atoms with Gasteiger partial charge in [0.1, 0.15) is 11.8 Å². The van der Waals surface area contributed by atoms with Crippen molar-refractivity contribution in [1.82, 2.24) is 10.2 Å². The molecule has 0 saturated heterocycles. The summed E-state index contributed by atoms with van der Waals surface area (Å²) >= 11 is 5.89. The highest BCUT2D eigenvalue weighted by molar-refractivity contribution is 6.30. The summed E-state index contributed by atoms with van der Waals surface area (Å²) in [6.45, 7) is 8.56. The van der Waals surface area contributed by atoms with Gasteiger partial charge in [-0.3, -0.25) is 9.59 Å². The molecule has 2 aromatic carbocycles. The van der Waals surface area contributed by atoms with E-state index in [1.54, 1.807) is 29.2 Å². The van der Waals surface area contributed by atoms with Crippen LogP contribution in [0.4, 0.5) is 0 Å². The zero-order valence-corrected chi connectivity index (χ0v) is 19.6. The predicted octanol–water partition coefficient (Wildman–Crippen LogP) is 5.22. The fourth-order valence-electron chi connectivity index (χ4n) is 3.24. The second-order valence-corrected chi connectivity index (χ2v) is 9.01. The summed E-state index contributed by atoms with van der Waals surface area (Å²) < 4.78 is 5.70. The first kappa shape index (κ1) is 24.7. The van der Waals surface area contributed by atoms with E-state index in [0.29, 0.717) is 43.2 Å². The number of halogens is 1. The molecular weight excluding hydrogens is 412 g/mol. The first-order chi connectivity index (χ1) is 14.7. The monoisotopic (exact) mass is 444 g/mol. The number of nitrogens with one attached hydrogen (secondary N) is 1. The Morgan fingerprint density at radius 2 is 1.71 bits per heavy atom. The Balaban J connectivity index is 2.04. The minimum absolute atomic E-state index is 0.0560. The van der Waals surface area contributed by atoms with Gasteiger partial charge in [0.2, 0.25) is 11.8 Å². The Labute approximate surface area is 190 Å². The second kappa shape index (κ2) is 11.8. The van der Waals surface area contributed by atoms with Gasteiger partial charge >= 0.3 is 0 Å². The maximum atomic E-state index is 13.1. The molecule has 2 rings (SSSR count). The van der Waals surface area contributed by atoms with Crippen molar-refractivity contribution in [3.8, 4) is 5.75 Å². The molecule has 6 heteroatoms. The smallest absolute Gasteiger partial charge is 0.243 e. The molecule has 168 valence electrons. The van der Waals surface area contributed by atoms with E-state index in [0.717, 1.165) is 5.56 Å². The normalized spacial score (nSPS) is 12.2. The Bertz CT molecular complexity index is 832. The van der Waals surface area contributed by atoms with Gasteiger partial charge < -0.3 is 15.0 Å². The molecule has 31 heavy (non-hydrogen) atoms. The fourth-order valence-corrected chi connectivity index (χ4v) is 3.37. The molecule has 0 aliphatic rings. The molecule has 0 aromatic heterocycles. The first-order valence-corrected chi connectivity index (χ1v) is 11.1. The largest absolute Gasteiger partial charge is 0.494 e. The Hall–Kier alpha value is -2.53. The van der Waals surface area contributed by atoms with E-state index in [4.69, 9.17) is 16.3 Å². The average Bonchev–Trinajstić information content (AvgIpc) is 2.71. The van der Waals surface area contributed by atoms with Crippen LogP contribution in [-0.4, -0.2) is 34.9 Å². The molecule has 2 aromatic rings. The quantitative estimate of drug-likeness (QED) is 0.511. The van der Waals surface area contributed by atoms with Crippen molar-refractivity contribution in [3.63, 3.8) is 0 Å². The maximum absolute atomic E-state index is 13.1. The molecule has 0 fully saturated rings. The Kier molecular flexibility index (Phi) is 9.38. The summed E-state index contributed by atoms with van der Waals surface area (Å²) in [5.74, 6) is 0.533. The number of hydrogen-bond acceptors (Lipinski definition) is 3. The number of hydrogen-bond donors (Lipinski definition) is 1. The SMILES string of the molecule is CC[C@@H](C(=O)NC(C)(C)C)N(Cc1ccccc1)C(=O)CCCOc1ccc(Cl)cc1. The minimum Gasteiger partial charge on any atom is -0.494 e. The van der Waals surface area contributed by atoms with Crippen LogP contribution in [0.1, 0.15) is 52.5 Å². The number of ether oxygens (including phenoxy) is 1.